The van der Waals surface area contributed by atoms with Gasteiger partial charge >= 0.3 is 0 Å². The van der Waals surface area contributed by atoms with Crippen molar-refractivity contribution in [2.75, 3.05) is 33.3 Å². The summed E-state index contributed by atoms with van der Waals surface area (Å²) < 4.78 is 11.4. The summed E-state index contributed by atoms with van der Waals surface area (Å²) in [5.41, 5.74) is 2.02. The van der Waals surface area contributed by atoms with Gasteiger partial charge in [0.25, 0.3) is 0 Å². The molecule has 0 atom stereocenters. The average molecular weight is 421 g/mol. The molecule has 164 valence electrons. The number of benzene rings is 2. The van der Waals surface area contributed by atoms with E-state index in [0.717, 1.165) is 37.1 Å². The summed E-state index contributed by atoms with van der Waals surface area (Å²) in [6.45, 7) is 4.63. The Hall–Kier alpha value is -2.79. The molecule has 2 fully saturated rings. The molecular formula is C26H32N2O3. The summed E-state index contributed by atoms with van der Waals surface area (Å²) in [4.78, 5) is 17.2. The van der Waals surface area contributed by atoms with Gasteiger partial charge in [-0.2, -0.15) is 0 Å². The van der Waals surface area contributed by atoms with Crippen LogP contribution in [0, 0.1) is 0 Å². The van der Waals surface area contributed by atoms with Crippen LogP contribution < -0.4 is 9.47 Å². The molecule has 4 rings (SSSR count). The van der Waals surface area contributed by atoms with Gasteiger partial charge in [-0.1, -0.05) is 36.4 Å². The minimum absolute atomic E-state index is 0.0863. The van der Waals surface area contributed by atoms with E-state index in [-0.39, 0.29) is 5.91 Å². The quantitative estimate of drug-likeness (QED) is 0.624. The highest BCUT2D eigenvalue weighted by atomic mass is 16.5. The minimum Gasteiger partial charge on any atom is -0.493 e. The molecule has 0 radical (unpaired) electrons. The lowest BCUT2D eigenvalue weighted by Crippen LogP contribution is -2.45. The summed E-state index contributed by atoms with van der Waals surface area (Å²) in [7, 11) is 1.63. The maximum absolute atomic E-state index is 12.6. The van der Waals surface area contributed by atoms with E-state index in [1.54, 1.807) is 13.2 Å². The summed E-state index contributed by atoms with van der Waals surface area (Å²) in [6, 6.07) is 16.5. The lowest BCUT2D eigenvalue weighted by Gasteiger charge is -2.36. The Morgan fingerprint density at radius 1 is 1.00 bits per heavy atom. The molecule has 2 saturated heterocycles. The monoisotopic (exact) mass is 420 g/mol. The van der Waals surface area contributed by atoms with Crippen LogP contribution >= 0.6 is 0 Å². The predicted octanol–water partition coefficient (Wildman–Crippen LogP) is 4.37. The van der Waals surface area contributed by atoms with Crippen molar-refractivity contribution < 1.29 is 14.3 Å². The number of piperidine rings is 1. The van der Waals surface area contributed by atoms with Crippen molar-refractivity contribution in [2.24, 2.45) is 0 Å². The summed E-state index contributed by atoms with van der Waals surface area (Å²) in [6.07, 6.45) is 8.35. The number of methoxy groups -OCH3 is 1. The fourth-order valence-corrected chi connectivity index (χ4v) is 4.47. The SMILES string of the molecule is COc1cc(C=CC(=O)N2CCC(N3CCCC3)CC2)ccc1OCc1ccccc1. The standard InChI is InChI=1S/C26H32N2O3/c1-30-25-19-21(9-11-24(25)31-20-22-7-3-2-4-8-22)10-12-26(29)28-17-13-23(14-18-28)27-15-5-6-16-27/h2-4,7-12,19,23H,5-6,13-18,20H2,1H3. The van der Waals surface area contributed by atoms with Gasteiger partial charge in [0, 0.05) is 25.2 Å². The summed E-state index contributed by atoms with van der Waals surface area (Å²) >= 11 is 0. The second-order valence-corrected chi connectivity index (χ2v) is 8.32. The van der Waals surface area contributed by atoms with Crippen LogP contribution in [0.2, 0.25) is 0 Å². The van der Waals surface area contributed by atoms with Gasteiger partial charge in [0.1, 0.15) is 6.61 Å². The third-order valence-electron chi connectivity index (χ3n) is 6.28. The maximum atomic E-state index is 12.6. The van der Waals surface area contributed by atoms with Crippen LogP contribution in [0.25, 0.3) is 6.08 Å². The molecular weight excluding hydrogens is 388 g/mol. The zero-order valence-electron chi connectivity index (χ0n) is 18.3. The Labute approximate surface area is 185 Å². The summed E-state index contributed by atoms with van der Waals surface area (Å²) in [5, 5.41) is 0. The molecule has 5 nitrogen and oxygen atoms in total. The zero-order chi connectivity index (χ0) is 21.5. The molecule has 0 unspecified atom stereocenters. The number of hydrogen-bond acceptors (Lipinski definition) is 4. The van der Waals surface area contributed by atoms with E-state index in [1.807, 2.05) is 59.5 Å². The fraction of sp³-hybridized carbons (Fsp3) is 0.423. The van der Waals surface area contributed by atoms with Gasteiger partial charge in [-0.05, 0) is 68.1 Å². The van der Waals surface area contributed by atoms with Crippen LogP contribution in [-0.4, -0.2) is 55.0 Å². The molecule has 2 aromatic carbocycles. The van der Waals surface area contributed by atoms with E-state index in [9.17, 15) is 4.79 Å². The smallest absolute Gasteiger partial charge is 0.246 e. The molecule has 2 aliphatic heterocycles. The molecule has 1 amide bonds. The van der Waals surface area contributed by atoms with E-state index < -0.39 is 0 Å². The van der Waals surface area contributed by atoms with Crippen molar-refractivity contribution in [3.05, 3.63) is 65.7 Å². The first-order valence-electron chi connectivity index (χ1n) is 11.3. The first-order valence-corrected chi connectivity index (χ1v) is 11.3. The molecule has 2 aliphatic rings. The number of carbonyl (C=O) groups excluding carboxylic acids is 1. The van der Waals surface area contributed by atoms with Crippen molar-refractivity contribution in [1.29, 1.82) is 0 Å². The number of hydrogen-bond donors (Lipinski definition) is 0. The van der Waals surface area contributed by atoms with E-state index in [4.69, 9.17) is 9.47 Å². The van der Waals surface area contributed by atoms with Crippen molar-refractivity contribution in [1.82, 2.24) is 9.80 Å². The predicted molar refractivity (Wildman–Crippen MR) is 123 cm³/mol. The van der Waals surface area contributed by atoms with Crippen LogP contribution in [-0.2, 0) is 11.4 Å². The van der Waals surface area contributed by atoms with Crippen LogP contribution in [0.3, 0.4) is 0 Å². The highest BCUT2D eigenvalue weighted by Gasteiger charge is 2.27. The minimum atomic E-state index is 0.0863. The van der Waals surface area contributed by atoms with Gasteiger partial charge in [0.05, 0.1) is 7.11 Å². The lowest BCUT2D eigenvalue weighted by atomic mass is 10.0. The second-order valence-electron chi connectivity index (χ2n) is 8.32. The topological polar surface area (TPSA) is 42.0 Å². The molecule has 2 aromatic rings. The van der Waals surface area contributed by atoms with Crippen LogP contribution in [0.4, 0.5) is 0 Å². The molecule has 0 saturated carbocycles. The van der Waals surface area contributed by atoms with Gasteiger partial charge in [-0.15, -0.1) is 0 Å². The number of carbonyl (C=O) groups is 1. The van der Waals surface area contributed by atoms with Gasteiger partial charge in [-0.3, -0.25) is 4.79 Å². The van der Waals surface area contributed by atoms with Crippen LogP contribution in [0.15, 0.2) is 54.6 Å². The summed E-state index contributed by atoms with van der Waals surface area (Å²) in [5.74, 6) is 1.44. The fourth-order valence-electron chi connectivity index (χ4n) is 4.47. The lowest BCUT2D eigenvalue weighted by molar-refractivity contribution is -0.127. The largest absolute Gasteiger partial charge is 0.493 e. The van der Waals surface area contributed by atoms with E-state index in [2.05, 4.69) is 4.90 Å². The van der Waals surface area contributed by atoms with E-state index >= 15 is 0 Å². The van der Waals surface area contributed by atoms with Crippen molar-refractivity contribution in [3.63, 3.8) is 0 Å². The maximum Gasteiger partial charge on any atom is 0.246 e. The number of ether oxygens (including phenoxy) is 2. The second kappa shape index (κ2) is 10.5. The Bertz CT molecular complexity index is 883. The van der Waals surface area contributed by atoms with Gasteiger partial charge in [-0.25, -0.2) is 0 Å². The molecule has 0 aliphatic carbocycles. The van der Waals surface area contributed by atoms with Crippen molar-refractivity contribution in [2.45, 2.75) is 38.3 Å². The average Bonchev–Trinajstić information content (AvgIpc) is 3.37. The van der Waals surface area contributed by atoms with Gasteiger partial charge in [0.15, 0.2) is 11.5 Å². The molecule has 0 aromatic heterocycles. The normalized spacial score (nSPS) is 17.9. The Morgan fingerprint density at radius 3 is 2.45 bits per heavy atom. The van der Waals surface area contributed by atoms with E-state index in [1.165, 1.54) is 25.9 Å². The van der Waals surface area contributed by atoms with Crippen molar-refractivity contribution in [3.8, 4) is 11.5 Å². The third-order valence-corrected chi connectivity index (χ3v) is 6.28. The number of nitrogens with zero attached hydrogens (tertiary/aromatic N) is 2. The highest BCUT2D eigenvalue weighted by molar-refractivity contribution is 5.92. The third kappa shape index (κ3) is 5.67. The van der Waals surface area contributed by atoms with Crippen LogP contribution in [0.5, 0.6) is 11.5 Å². The number of amides is 1. The highest BCUT2D eigenvalue weighted by Crippen LogP contribution is 2.29. The molecule has 5 heteroatoms. The van der Waals surface area contributed by atoms with Crippen LogP contribution in [0.1, 0.15) is 36.8 Å². The van der Waals surface area contributed by atoms with E-state index in [0.29, 0.717) is 24.1 Å². The molecule has 2 heterocycles. The first-order chi connectivity index (χ1) is 15.2. The number of rotatable bonds is 7. The zero-order valence-corrected chi connectivity index (χ0v) is 18.3. The van der Waals surface area contributed by atoms with Gasteiger partial charge in [0.2, 0.25) is 5.91 Å². The number of likely N-dealkylation sites (tertiary alicyclic amines) is 2. The first kappa shape index (κ1) is 21.4. The molecule has 31 heavy (non-hydrogen) atoms. The Morgan fingerprint density at radius 2 is 1.74 bits per heavy atom. The Balaban J connectivity index is 1.31. The molecule has 0 spiro atoms. The molecule has 0 bridgehead atoms. The van der Waals surface area contributed by atoms with Crippen molar-refractivity contribution >= 4 is 12.0 Å². The van der Waals surface area contributed by atoms with Gasteiger partial charge < -0.3 is 19.3 Å². The molecule has 0 N–H and O–H groups in total. The Kier molecular flexibility index (Phi) is 7.26.